The van der Waals surface area contributed by atoms with Gasteiger partial charge in [-0.2, -0.15) is 0 Å². The minimum Gasteiger partial charge on any atom is -0.476 e. The average Bonchev–Trinajstić information content (AvgIpc) is 2.54. The second-order valence-electron chi connectivity index (χ2n) is 5.86. The lowest BCUT2D eigenvalue weighted by Crippen LogP contribution is -2.53. The van der Waals surface area contributed by atoms with Crippen LogP contribution in [0.25, 0.3) is 0 Å². The molecule has 0 saturated carbocycles. The quantitative estimate of drug-likeness (QED) is 0.446. The van der Waals surface area contributed by atoms with E-state index >= 15 is 0 Å². The zero-order valence-corrected chi connectivity index (χ0v) is 14.7. The first-order valence-electron chi connectivity index (χ1n) is 7.70. The molecule has 1 amide bonds. The van der Waals surface area contributed by atoms with Crippen LogP contribution in [0, 0.1) is 0 Å². The number of anilines is 1. The van der Waals surface area contributed by atoms with Crippen molar-refractivity contribution in [1.82, 2.24) is 0 Å². The number of amides is 1. The normalized spacial score (nSPS) is 15.5. The lowest BCUT2D eigenvalue weighted by atomic mass is 10.0. The summed E-state index contributed by atoms with van der Waals surface area (Å²) in [7, 11) is 0. The van der Waals surface area contributed by atoms with E-state index < -0.39 is 5.60 Å². The molecule has 0 aromatic heterocycles. The van der Waals surface area contributed by atoms with E-state index in [9.17, 15) is 14.4 Å². The van der Waals surface area contributed by atoms with Gasteiger partial charge in [0, 0.05) is 12.1 Å². The van der Waals surface area contributed by atoms with Crippen LogP contribution < -0.4 is 9.64 Å². The molecule has 0 atom stereocenters. The Balaban J connectivity index is 2.35. The van der Waals surface area contributed by atoms with Crippen LogP contribution in [-0.2, 0) is 14.3 Å². The zero-order chi connectivity index (χ0) is 17.9. The minimum absolute atomic E-state index is 0.0583. The summed E-state index contributed by atoms with van der Waals surface area (Å²) in [5, 5.41) is 0. The summed E-state index contributed by atoms with van der Waals surface area (Å²) in [6.07, 6.45) is 0.0583. The molecule has 0 bridgehead atoms. The molecule has 7 heteroatoms. The maximum absolute atomic E-state index is 12.7. The van der Waals surface area contributed by atoms with Crippen LogP contribution >= 0.6 is 11.6 Å². The summed E-state index contributed by atoms with van der Waals surface area (Å²) < 4.78 is 10.6. The van der Waals surface area contributed by atoms with Gasteiger partial charge in [0.1, 0.15) is 5.75 Å². The van der Waals surface area contributed by atoms with Gasteiger partial charge in [0.05, 0.1) is 24.6 Å². The highest BCUT2D eigenvalue weighted by atomic mass is 35.5. The molecule has 24 heavy (non-hydrogen) atoms. The molecule has 1 heterocycles. The van der Waals surface area contributed by atoms with Crippen molar-refractivity contribution in [2.24, 2.45) is 0 Å². The number of esters is 1. The first-order valence-corrected chi connectivity index (χ1v) is 8.23. The largest absolute Gasteiger partial charge is 0.476 e. The van der Waals surface area contributed by atoms with Gasteiger partial charge in [0.2, 0.25) is 0 Å². The molecule has 2 rings (SSSR count). The summed E-state index contributed by atoms with van der Waals surface area (Å²) in [5.74, 6) is -0.586. The Morgan fingerprint density at radius 1 is 1.33 bits per heavy atom. The molecular formula is C17H20ClNO5. The summed E-state index contributed by atoms with van der Waals surface area (Å²) in [6.45, 7) is 5.48. The van der Waals surface area contributed by atoms with Crippen LogP contribution in [-0.4, -0.2) is 42.3 Å². The van der Waals surface area contributed by atoms with Crippen LogP contribution in [0.1, 0.15) is 37.6 Å². The van der Waals surface area contributed by atoms with Gasteiger partial charge in [-0.05, 0) is 39.0 Å². The fourth-order valence-corrected chi connectivity index (χ4v) is 2.63. The molecule has 0 aliphatic carbocycles. The summed E-state index contributed by atoms with van der Waals surface area (Å²) in [6, 6.07) is 4.82. The number of fused-ring (bicyclic) bond motifs is 1. The van der Waals surface area contributed by atoms with E-state index in [1.165, 1.54) is 4.90 Å². The van der Waals surface area contributed by atoms with Crippen LogP contribution in [0.2, 0.25) is 0 Å². The number of Topliss-reactive ketones (excluding diaryl/α,β-unsaturated/α-hetero) is 1. The highest BCUT2D eigenvalue weighted by molar-refractivity contribution is 6.30. The van der Waals surface area contributed by atoms with Crippen molar-refractivity contribution in [1.29, 1.82) is 0 Å². The third kappa shape index (κ3) is 3.70. The number of alkyl halides is 1. The van der Waals surface area contributed by atoms with Gasteiger partial charge in [-0.3, -0.25) is 14.4 Å². The summed E-state index contributed by atoms with van der Waals surface area (Å²) in [4.78, 5) is 37.6. The van der Waals surface area contributed by atoms with Gasteiger partial charge < -0.3 is 14.4 Å². The standard InChI is InChI=1S/C17H20ClNO5/c1-4-23-15(21)7-8-19-12-9-11(13(20)10-18)5-6-14(12)24-17(2,3)16(19)22/h5-6,9H,4,7-8,10H2,1-3H3. The van der Waals surface area contributed by atoms with E-state index in [0.717, 1.165) is 0 Å². The first kappa shape index (κ1) is 18.3. The second kappa shape index (κ2) is 7.21. The van der Waals surface area contributed by atoms with E-state index in [0.29, 0.717) is 17.0 Å². The van der Waals surface area contributed by atoms with Gasteiger partial charge in [-0.1, -0.05) is 0 Å². The summed E-state index contributed by atoms with van der Waals surface area (Å²) in [5.41, 5.74) is -0.208. The Morgan fingerprint density at radius 2 is 2.04 bits per heavy atom. The van der Waals surface area contributed by atoms with Crippen molar-refractivity contribution >= 4 is 34.9 Å². The van der Waals surface area contributed by atoms with Crippen molar-refractivity contribution < 1.29 is 23.9 Å². The van der Waals surface area contributed by atoms with E-state index in [-0.39, 0.29) is 43.1 Å². The fourth-order valence-electron chi connectivity index (χ4n) is 2.48. The van der Waals surface area contributed by atoms with Gasteiger partial charge in [-0.15, -0.1) is 11.6 Å². The van der Waals surface area contributed by atoms with Crippen molar-refractivity contribution in [3.63, 3.8) is 0 Å². The molecule has 0 fully saturated rings. The molecule has 0 spiro atoms. The van der Waals surface area contributed by atoms with Crippen LogP contribution in [0.3, 0.4) is 0 Å². The number of rotatable bonds is 6. The number of carbonyl (C=O) groups excluding carboxylic acids is 3. The molecule has 0 N–H and O–H groups in total. The summed E-state index contributed by atoms with van der Waals surface area (Å²) >= 11 is 5.60. The lowest BCUT2D eigenvalue weighted by molar-refractivity contribution is -0.143. The molecular weight excluding hydrogens is 334 g/mol. The monoisotopic (exact) mass is 353 g/mol. The van der Waals surface area contributed by atoms with E-state index in [1.54, 1.807) is 39.0 Å². The molecule has 1 aliphatic heterocycles. The van der Waals surface area contributed by atoms with Crippen molar-refractivity contribution in [3.05, 3.63) is 23.8 Å². The lowest BCUT2D eigenvalue weighted by Gasteiger charge is -2.38. The van der Waals surface area contributed by atoms with Crippen LogP contribution in [0.4, 0.5) is 5.69 Å². The van der Waals surface area contributed by atoms with Gasteiger partial charge in [0.25, 0.3) is 5.91 Å². The molecule has 130 valence electrons. The van der Waals surface area contributed by atoms with Crippen molar-refractivity contribution in [2.75, 3.05) is 23.9 Å². The number of hydrogen-bond donors (Lipinski definition) is 0. The van der Waals surface area contributed by atoms with E-state index in [2.05, 4.69) is 0 Å². The Hall–Kier alpha value is -2.08. The maximum atomic E-state index is 12.7. The third-order valence-corrected chi connectivity index (χ3v) is 3.91. The number of halogens is 1. The number of nitrogens with zero attached hydrogens (tertiary/aromatic N) is 1. The minimum atomic E-state index is -1.06. The Morgan fingerprint density at radius 3 is 2.67 bits per heavy atom. The highest BCUT2D eigenvalue weighted by Crippen LogP contribution is 2.38. The molecule has 0 unspecified atom stereocenters. The Bertz CT molecular complexity index is 671. The number of ketones is 1. The van der Waals surface area contributed by atoms with Crippen LogP contribution in [0.5, 0.6) is 5.75 Å². The average molecular weight is 354 g/mol. The third-order valence-electron chi connectivity index (χ3n) is 3.66. The first-order chi connectivity index (χ1) is 11.3. The van der Waals surface area contributed by atoms with E-state index in [4.69, 9.17) is 21.1 Å². The molecule has 6 nitrogen and oxygen atoms in total. The molecule has 1 aromatic rings. The smallest absolute Gasteiger partial charge is 0.307 e. The van der Waals surface area contributed by atoms with E-state index in [1.807, 2.05) is 0 Å². The van der Waals surface area contributed by atoms with Gasteiger partial charge in [0.15, 0.2) is 11.4 Å². The maximum Gasteiger partial charge on any atom is 0.307 e. The topological polar surface area (TPSA) is 72.9 Å². The van der Waals surface area contributed by atoms with Gasteiger partial charge >= 0.3 is 5.97 Å². The SMILES string of the molecule is CCOC(=O)CCN1C(=O)C(C)(C)Oc2ccc(C(=O)CCl)cc21. The van der Waals surface area contributed by atoms with Crippen molar-refractivity contribution in [3.8, 4) is 5.75 Å². The zero-order valence-electron chi connectivity index (χ0n) is 13.9. The van der Waals surface area contributed by atoms with Crippen molar-refractivity contribution in [2.45, 2.75) is 32.8 Å². The number of ether oxygens (including phenoxy) is 2. The second-order valence-corrected chi connectivity index (χ2v) is 6.13. The molecule has 0 radical (unpaired) electrons. The predicted molar refractivity (Wildman–Crippen MR) is 89.8 cm³/mol. The molecule has 0 saturated heterocycles. The molecule has 1 aromatic carbocycles. The molecule has 1 aliphatic rings. The predicted octanol–water partition coefficient (Wildman–Crippen LogP) is 2.57. The Labute approximate surface area is 145 Å². The number of benzene rings is 1. The van der Waals surface area contributed by atoms with Gasteiger partial charge in [-0.25, -0.2) is 0 Å². The fraction of sp³-hybridized carbons (Fsp3) is 0.471. The number of carbonyl (C=O) groups is 3. The highest BCUT2D eigenvalue weighted by Gasteiger charge is 2.41. The number of hydrogen-bond acceptors (Lipinski definition) is 5. The van der Waals surface area contributed by atoms with Crippen LogP contribution in [0.15, 0.2) is 18.2 Å². The Kier molecular flexibility index (Phi) is 5.49.